The molecule has 0 saturated heterocycles. The van der Waals surface area contributed by atoms with Crippen LogP contribution in [0.1, 0.15) is 22.5 Å². The summed E-state index contributed by atoms with van der Waals surface area (Å²) >= 11 is 1.50. The van der Waals surface area contributed by atoms with E-state index in [-0.39, 0.29) is 0 Å². The quantitative estimate of drug-likeness (QED) is 0.560. The van der Waals surface area contributed by atoms with Gasteiger partial charge < -0.3 is 24.3 Å². The number of nitrogens with one attached hydrogen (secondary N) is 1. The van der Waals surface area contributed by atoms with Crippen LogP contribution in [0.5, 0.6) is 17.2 Å². The van der Waals surface area contributed by atoms with Gasteiger partial charge in [-0.1, -0.05) is 0 Å². The van der Waals surface area contributed by atoms with Crippen molar-refractivity contribution in [2.45, 2.75) is 13.0 Å². The van der Waals surface area contributed by atoms with Crippen molar-refractivity contribution in [1.29, 1.82) is 0 Å². The lowest BCUT2D eigenvalue weighted by molar-refractivity contribution is -0.119. The molecule has 0 bridgehead atoms. The molecule has 9 heteroatoms. The number of hydrogen-bond donors (Lipinski definition) is 1. The molecule has 1 aliphatic heterocycles. The molecule has 160 valence electrons. The van der Waals surface area contributed by atoms with E-state index in [2.05, 4.69) is 10.3 Å². The molecule has 1 aromatic heterocycles. The van der Waals surface area contributed by atoms with Crippen molar-refractivity contribution in [2.24, 2.45) is 0 Å². The van der Waals surface area contributed by atoms with E-state index in [1.54, 1.807) is 48.0 Å². The van der Waals surface area contributed by atoms with E-state index >= 15 is 0 Å². The van der Waals surface area contributed by atoms with Crippen LogP contribution in [0.25, 0.3) is 0 Å². The van der Waals surface area contributed by atoms with Gasteiger partial charge in [-0.05, 0) is 36.4 Å². The first kappa shape index (κ1) is 20.7. The number of carbonyl (C=O) groups is 2. The summed E-state index contributed by atoms with van der Waals surface area (Å²) in [6, 6.07) is 11.6. The van der Waals surface area contributed by atoms with E-state index < -0.39 is 18.5 Å². The lowest BCUT2D eigenvalue weighted by Gasteiger charge is -2.11. The van der Waals surface area contributed by atoms with E-state index in [4.69, 9.17) is 18.9 Å². The molecular formula is C22H20N2O6S. The third-order valence-electron chi connectivity index (χ3n) is 4.33. The molecule has 2 aromatic carbocycles. The first-order valence-electron chi connectivity index (χ1n) is 9.64. The van der Waals surface area contributed by atoms with Gasteiger partial charge in [-0.25, -0.2) is 9.78 Å². The second-order valence-corrected chi connectivity index (χ2v) is 7.35. The molecule has 3 aromatic rings. The van der Waals surface area contributed by atoms with Gasteiger partial charge >= 0.3 is 5.97 Å². The number of ether oxygens (including phenoxy) is 4. The molecule has 8 nitrogen and oxygen atoms in total. The summed E-state index contributed by atoms with van der Waals surface area (Å²) in [5.74, 6) is 0.771. The van der Waals surface area contributed by atoms with Crippen LogP contribution in [0.3, 0.4) is 0 Å². The number of thiazole rings is 1. The SMILES string of the molecule is O=C(COC(=O)c1ccc(OCc2cscn2)cc1)Nc1ccc2c(c1)OCCCO2. The summed E-state index contributed by atoms with van der Waals surface area (Å²) in [5, 5.41) is 4.59. The smallest absolute Gasteiger partial charge is 0.338 e. The van der Waals surface area contributed by atoms with Crippen LogP contribution in [0.4, 0.5) is 5.69 Å². The lowest BCUT2D eigenvalue weighted by Crippen LogP contribution is -2.21. The van der Waals surface area contributed by atoms with Crippen LogP contribution in [0.2, 0.25) is 0 Å². The number of benzene rings is 2. The van der Waals surface area contributed by atoms with Gasteiger partial charge in [0.1, 0.15) is 12.4 Å². The second-order valence-electron chi connectivity index (χ2n) is 6.63. The highest BCUT2D eigenvalue weighted by Gasteiger charge is 2.14. The van der Waals surface area contributed by atoms with Crippen molar-refractivity contribution in [1.82, 2.24) is 4.98 Å². The van der Waals surface area contributed by atoms with E-state index in [0.29, 0.717) is 48.3 Å². The number of hydrogen-bond acceptors (Lipinski definition) is 8. The van der Waals surface area contributed by atoms with Gasteiger partial charge in [0.25, 0.3) is 5.91 Å². The van der Waals surface area contributed by atoms with Crippen LogP contribution < -0.4 is 19.5 Å². The maximum absolute atomic E-state index is 12.2. The number of rotatable bonds is 7. The number of esters is 1. The third-order valence-corrected chi connectivity index (χ3v) is 4.96. The van der Waals surface area contributed by atoms with Crippen LogP contribution in [-0.4, -0.2) is 36.7 Å². The third kappa shape index (κ3) is 5.73. The van der Waals surface area contributed by atoms with E-state index in [9.17, 15) is 9.59 Å². The van der Waals surface area contributed by atoms with Crippen LogP contribution in [-0.2, 0) is 16.1 Å². The Labute approximate surface area is 182 Å². The minimum absolute atomic E-state index is 0.324. The van der Waals surface area contributed by atoms with Crippen molar-refractivity contribution in [2.75, 3.05) is 25.1 Å². The molecule has 2 heterocycles. The fourth-order valence-corrected chi connectivity index (χ4v) is 3.35. The number of carbonyl (C=O) groups excluding carboxylic acids is 2. The maximum Gasteiger partial charge on any atom is 0.338 e. The van der Waals surface area contributed by atoms with E-state index in [0.717, 1.165) is 12.1 Å². The minimum atomic E-state index is -0.597. The highest BCUT2D eigenvalue weighted by atomic mass is 32.1. The Hall–Kier alpha value is -3.59. The molecule has 1 N–H and O–H groups in total. The number of amides is 1. The topological polar surface area (TPSA) is 96.0 Å². The van der Waals surface area contributed by atoms with Gasteiger partial charge in [-0.2, -0.15) is 0 Å². The molecule has 1 aliphatic rings. The van der Waals surface area contributed by atoms with Gasteiger partial charge in [0, 0.05) is 23.6 Å². The predicted octanol–water partition coefficient (Wildman–Crippen LogP) is 3.68. The number of aromatic nitrogens is 1. The Kier molecular flexibility index (Phi) is 6.63. The first-order chi connectivity index (χ1) is 15.2. The highest BCUT2D eigenvalue weighted by molar-refractivity contribution is 7.07. The second kappa shape index (κ2) is 9.94. The molecule has 0 spiro atoms. The summed E-state index contributed by atoms with van der Waals surface area (Å²) in [6.45, 7) is 1.09. The molecule has 0 fully saturated rings. The lowest BCUT2D eigenvalue weighted by atomic mass is 10.2. The Bertz CT molecular complexity index is 1040. The Morgan fingerprint density at radius 3 is 2.65 bits per heavy atom. The van der Waals surface area contributed by atoms with Crippen molar-refractivity contribution in [3.05, 3.63) is 64.6 Å². The monoisotopic (exact) mass is 440 g/mol. The molecule has 4 rings (SSSR count). The fraction of sp³-hybridized carbons (Fsp3) is 0.227. The minimum Gasteiger partial charge on any atom is -0.490 e. The van der Waals surface area contributed by atoms with Gasteiger partial charge in [0.05, 0.1) is 30.0 Å². The average molecular weight is 440 g/mol. The summed E-state index contributed by atoms with van der Waals surface area (Å²) in [5.41, 5.74) is 3.44. The molecular weight excluding hydrogens is 420 g/mol. The van der Waals surface area contributed by atoms with Crippen LogP contribution >= 0.6 is 11.3 Å². The first-order valence-corrected chi connectivity index (χ1v) is 10.6. The standard InChI is InChI=1S/C22H20N2O6S/c25-21(24-16-4-7-19-20(10-16)28-9-1-8-27-19)12-30-22(26)15-2-5-18(6-3-15)29-11-17-13-31-14-23-17/h2-7,10,13-14H,1,8-9,11-12H2,(H,24,25). The van der Waals surface area contributed by atoms with Crippen molar-refractivity contribution in [3.8, 4) is 17.2 Å². The Morgan fingerprint density at radius 1 is 1.06 bits per heavy atom. The van der Waals surface area contributed by atoms with Crippen molar-refractivity contribution < 1.29 is 28.5 Å². The maximum atomic E-state index is 12.2. The van der Waals surface area contributed by atoms with Crippen molar-refractivity contribution >= 4 is 28.9 Å². The number of fused-ring (bicyclic) bond motifs is 1. The van der Waals surface area contributed by atoms with E-state index in [1.807, 2.05) is 5.38 Å². The fourth-order valence-electron chi connectivity index (χ4n) is 2.81. The largest absolute Gasteiger partial charge is 0.490 e. The Morgan fingerprint density at radius 2 is 1.87 bits per heavy atom. The molecule has 0 radical (unpaired) electrons. The molecule has 1 amide bonds. The summed E-state index contributed by atoms with van der Waals surface area (Å²) < 4.78 is 21.9. The molecule has 31 heavy (non-hydrogen) atoms. The highest BCUT2D eigenvalue weighted by Crippen LogP contribution is 2.32. The summed E-state index contributed by atoms with van der Waals surface area (Å²) in [6.07, 6.45) is 0.797. The normalized spacial score (nSPS) is 12.5. The van der Waals surface area contributed by atoms with Gasteiger partial charge in [0.15, 0.2) is 18.1 Å². The molecule has 0 saturated carbocycles. The zero-order valence-electron chi connectivity index (χ0n) is 16.5. The van der Waals surface area contributed by atoms with E-state index in [1.165, 1.54) is 11.3 Å². The van der Waals surface area contributed by atoms with Gasteiger partial charge in [-0.3, -0.25) is 4.79 Å². The summed E-state index contributed by atoms with van der Waals surface area (Å²) in [4.78, 5) is 28.5. The zero-order valence-corrected chi connectivity index (χ0v) is 17.4. The molecule has 0 aliphatic carbocycles. The number of nitrogens with zero attached hydrogens (tertiary/aromatic N) is 1. The Balaban J connectivity index is 1.25. The number of anilines is 1. The van der Waals surface area contributed by atoms with Crippen LogP contribution in [0, 0.1) is 0 Å². The van der Waals surface area contributed by atoms with Gasteiger partial charge in [-0.15, -0.1) is 11.3 Å². The van der Waals surface area contributed by atoms with Crippen molar-refractivity contribution in [3.63, 3.8) is 0 Å². The molecule has 0 unspecified atom stereocenters. The summed E-state index contributed by atoms with van der Waals surface area (Å²) in [7, 11) is 0. The predicted molar refractivity (Wildman–Crippen MR) is 114 cm³/mol. The van der Waals surface area contributed by atoms with Crippen LogP contribution in [0.15, 0.2) is 53.4 Å². The molecule has 0 atom stereocenters. The van der Waals surface area contributed by atoms with Gasteiger partial charge in [0.2, 0.25) is 0 Å². The average Bonchev–Trinajstić information content (AvgIpc) is 3.20. The zero-order chi connectivity index (χ0) is 21.5.